The summed E-state index contributed by atoms with van der Waals surface area (Å²) in [4.78, 5) is 27.9. The van der Waals surface area contributed by atoms with Gasteiger partial charge in [-0.15, -0.1) is 0 Å². The molecule has 0 fully saturated rings. The van der Waals surface area contributed by atoms with E-state index in [0.29, 0.717) is 18.7 Å². The van der Waals surface area contributed by atoms with Gasteiger partial charge in [0.25, 0.3) is 10.0 Å². The van der Waals surface area contributed by atoms with Crippen LogP contribution < -0.4 is 14.4 Å². The van der Waals surface area contributed by atoms with Crippen molar-refractivity contribution in [3.63, 3.8) is 0 Å². The molecule has 3 aromatic rings. The molecule has 0 aliphatic rings. The highest BCUT2D eigenvalue weighted by Gasteiger charge is 2.33. The number of rotatable bonds is 12. The summed E-state index contributed by atoms with van der Waals surface area (Å²) in [5, 5.41) is 2.75. The minimum atomic E-state index is -4.21. The van der Waals surface area contributed by atoms with Gasteiger partial charge in [0, 0.05) is 24.7 Å². The third-order valence-electron chi connectivity index (χ3n) is 6.24. The highest BCUT2D eigenvalue weighted by Crippen LogP contribution is 2.28. The average molecular weight is 556 g/mol. The number of halogens is 1. The number of sulfonamides is 1. The standard InChI is InChI=1S/C29H34FN3O5S/c1-5-17-31-29(35)22(3)32(19-23-9-6-7-12-27(23)30)28(34)20-33(24-10-8-11-25(18-24)38-4)39(36,37)26-15-13-21(2)14-16-26/h6-16,18,22H,5,17,19-20H2,1-4H3,(H,31,35). The van der Waals surface area contributed by atoms with Crippen LogP contribution in [0.2, 0.25) is 0 Å². The number of nitrogens with zero attached hydrogens (tertiary/aromatic N) is 2. The normalized spacial score (nSPS) is 11.9. The maximum atomic E-state index is 14.6. The molecular formula is C29H34FN3O5S. The van der Waals surface area contributed by atoms with Crippen LogP contribution in [0.25, 0.3) is 0 Å². The fraction of sp³-hybridized carbons (Fsp3) is 0.310. The van der Waals surface area contributed by atoms with Crippen LogP contribution >= 0.6 is 0 Å². The Labute approximate surface area is 229 Å². The van der Waals surface area contributed by atoms with Gasteiger partial charge in [0.2, 0.25) is 11.8 Å². The number of carbonyl (C=O) groups excluding carboxylic acids is 2. The van der Waals surface area contributed by atoms with E-state index in [9.17, 15) is 22.4 Å². The number of ether oxygens (including phenoxy) is 1. The molecule has 0 bridgehead atoms. The topological polar surface area (TPSA) is 96.0 Å². The van der Waals surface area contributed by atoms with Crippen molar-refractivity contribution in [1.82, 2.24) is 10.2 Å². The van der Waals surface area contributed by atoms with Gasteiger partial charge in [-0.2, -0.15) is 0 Å². The summed E-state index contributed by atoms with van der Waals surface area (Å²) >= 11 is 0. The van der Waals surface area contributed by atoms with Gasteiger partial charge in [-0.1, -0.05) is 48.9 Å². The summed E-state index contributed by atoms with van der Waals surface area (Å²) in [6.45, 7) is 4.84. The Kier molecular flexibility index (Phi) is 10.1. The molecule has 1 unspecified atom stereocenters. The number of benzene rings is 3. The summed E-state index contributed by atoms with van der Waals surface area (Å²) in [6.07, 6.45) is 0.693. The summed E-state index contributed by atoms with van der Waals surface area (Å²) in [5.74, 6) is -1.22. The van der Waals surface area contributed by atoms with Crippen LogP contribution in [0.3, 0.4) is 0 Å². The van der Waals surface area contributed by atoms with Crippen molar-refractivity contribution >= 4 is 27.5 Å². The maximum Gasteiger partial charge on any atom is 0.264 e. The second kappa shape index (κ2) is 13.2. The van der Waals surface area contributed by atoms with Crippen molar-refractivity contribution in [2.75, 3.05) is 24.5 Å². The van der Waals surface area contributed by atoms with Gasteiger partial charge >= 0.3 is 0 Å². The molecule has 3 rings (SSSR count). The quantitative estimate of drug-likeness (QED) is 0.360. The van der Waals surface area contributed by atoms with Gasteiger partial charge in [0.05, 0.1) is 17.7 Å². The fourth-order valence-electron chi connectivity index (χ4n) is 3.92. The summed E-state index contributed by atoms with van der Waals surface area (Å²) in [5.41, 5.74) is 1.29. The van der Waals surface area contributed by atoms with E-state index in [1.165, 1.54) is 55.3 Å². The van der Waals surface area contributed by atoms with Gasteiger partial charge in [-0.3, -0.25) is 13.9 Å². The smallest absolute Gasteiger partial charge is 0.264 e. The molecule has 3 aromatic carbocycles. The first-order valence-electron chi connectivity index (χ1n) is 12.6. The Morgan fingerprint density at radius 2 is 1.72 bits per heavy atom. The first-order valence-corrected chi connectivity index (χ1v) is 14.1. The van der Waals surface area contributed by atoms with Gasteiger partial charge in [-0.05, 0) is 50.6 Å². The van der Waals surface area contributed by atoms with E-state index < -0.39 is 40.2 Å². The summed E-state index contributed by atoms with van der Waals surface area (Å²) < 4.78 is 48.5. The summed E-state index contributed by atoms with van der Waals surface area (Å²) in [6, 6.07) is 17.6. The van der Waals surface area contributed by atoms with Crippen molar-refractivity contribution in [2.45, 2.75) is 44.7 Å². The molecular weight excluding hydrogens is 521 g/mol. The van der Waals surface area contributed by atoms with Gasteiger partial charge in [0.1, 0.15) is 24.2 Å². The Morgan fingerprint density at radius 3 is 2.36 bits per heavy atom. The lowest BCUT2D eigenvalue weighted by Gasteiger charge is -2.32. The molecule has 1 N–H and O–H groups in total. The van der Waals surface area contributed by atoms with E-state index >= 15 is 0 Å². The Morgan fingerprint density at radius 1 is 1.03 bits per heavy atom. The molecule has 1 atom stereocenters. The Bertz CT molecular complexity index is 1400. The average Bonchev–Trinajstić information content (AvgIpc) is 2.93. The zero-order valence-electron chi connectivity index (χ0n) is 22.6. The SMILES string of the molecule is CCCNC(=O)C(C)N(Cc1ccccc1F)C(=O)CN(c1cccc(OC)c1)S(=O)(=O)c1ccc(C)cc1. The van der Waals surface area contributed by atoms with Gasteiger partial charge in [0.15, 0.2) is 0 Å². The van der Waals surface area contributed by atoms with Crippen LogP contribution in [0, 0.1) is 12.7 Å². The molecule has 0 spiro atoms. The minimum Gasteiger partial charge on any atom is -0.497 e. The molecule has 0 radical (unpaired) electrons. The molecule has 0 aliphatic heterocycles. The van der Waals surface area contributed by atoms with Crippen molar-refractivity contribution in [1.29, 1.82) is 0 Å². The zero-order chi connectivity index (χ0) is 28.6. The monoisotopic (exact) mass is 555 g/mol. The molecule has 0 heterocycles. The number of amides is 2. The molecule has 0 aromatic heterocycles. The second-order valence-electron chi connectivity index (χ2n) is 9.11. The number of anilines is 1. The number of aryl methyl sites for hydroxylation is 1. The molecule has 2 amide bonds. The van der Waals surface area contributed by atoms with Crippen molar-refractivity contribution in [3.05, 3.63) is 89.7 Å². The second-order valence-corrected chi connectivity index (χ2v) is 11.0. The van der Waals surface area contributed by atoms with Crippen LogP contribution in [0.5, 0.6) is 5.75 Å². The maximum absolute atomic E-state index is 14.6. The predicted octanol–water partition coefficient (Wildman–Crippen LogP) is 4.28. The van der Waals surface area contributed by atoms with Crippen molar-refractivity contribution < 1.29 is 27.1 Å². The molecule has 0 saturated heterocycles. The lowest BCUT2D eigenvalue weighted by molar-refractivity contribution is -0.139. The van der Waals surface area contributed by atoms with Crippen LogP contribution in [-0.4, -0.2) is 51.4 Å². The third-order valence-corrected chi connectivity index (χ3v) is 8.03. The number of hydrogen-bond donors (Lipinski definition) is 1. The van der Waals surface area contributed by atoms with Crippen LogP contribution in [0.1, 0.15) is 31.4 Å². The number of carbonyl (C=O) groups is 2. The largest absolute Gasteiger partial charge is 0.497 e. The van der Waals surface area contributed by atoms with Crippen LogP contribution in [0.4, 0.5) is 10.1 Å². The molecule has 39 heavy (non-hydrogen) atoms. The summed E-state index contributed by atoms with van der Waals surface area (Å²) in [7, 11) is -2.76. The van der Waals surface area contributed by atoms with Crippen LogP contribution in [-0.2, 0) is 26.2 Å². The van der Waals surface area contributed by atoms with Gasteiger partial charge < -0.3 is 15.0 Å². The lowest BCUT2D eigenvalue weighted by atomic mass is 10.1. The number of nitrogens with one attached hydrogen (secondary N) is 1. The van der Waals surface area contributed by atoms with Crippen molar-refractivity contribution in [2.24, 2.45) is 0 Å². The van der Waals surface area contributed by atoms with E-state index in [4.69, 9.17) is 4.74 Å². The van der Waals surface area contributed by atoms with E-state index in [1.807, 2.05) is 13.8 Å². The minimum absolute atomic E-state index is 0.00175. The highest BCUT2D eigenvalue weighted by molar-refractivity contribution is 7.92. The van der Waals surface area contributed by atoms with Crippen LogP contribution in [0.15, 0.2) is 77.7 Å². The van der Waals surface area contributed by atoms with Gasteiger partial charge in [-0.25, -0.2) is 12.8 Å². The van der Waals surface area contributed by atoms with E-state index in [1.54, 1.807) is 36.4 Å². The Balaban J connectivity index is 2.05. The predicted molar refractivity (Wildman–Crippen MR) is 148 cm³/mol. The van der Waals surface area contributed by atoms with E-state index in [0.717, 1.165) is 9.87 Å². The number of hydrogen-bond acceptors (Lipinski definition) is 5. The van der Waals surface area contributed by atoms with Crippen molar-refractivity contribution in [3.8, 4) is 5.75 Å². The Hall–Kier alpha value is -3.92. The fourth-order valence-corrected chi connectivity index (χ4v) is 5.33. The molecule has 0 saturated carbocycles. The molecule has 10 heteroatoms. The van der Waals surface area contributed by atoms with E-state index in [2.05, 4.69) is 5.32 Å². The lowest BCUT2D eigenvalue weighted by Crippen LogP contribution is -2.51. The molecule has 0 aliphatic carbocycles. The first kappa shape index (κ1) is 29.6. The third kappa shape index (κ3) is 7.35. The van der Waals surface area contributed by atoms with E-state index in [-0.39, 0.29) is 22.7 Å². The first-order chi connectivity index (χ1) is 18.6. The zero-order valence-corrected chi connectivity index (χ0v) is 23.4. The molecule has 8 nitrogen and oxygen atoms in total. The highest BCUT2D eigenvalue weighted by atomic mass is 32.2. The molecule has 208 valence electrons. The number of methoxy groups -OCH3 is 1.